The first-order chi connectivity index (χ1) is 15.1. The molecule has 31 heavy (non-hydrogen) atoms. The molecule has 0 aliphatic rings. The number of unbranched alkanes of at least 4 members (excludes halogenated alkanes) is 2. The van der Waals surface area contributed by atoms with Crippen molar-refractivity contribution in [3.63, 3.8) is 0 Å². The number of amides is 1. The Morgan fingerprint density at radius 3 is 2.81 bits per heavy atom. The maximum Gasteiger partial charge on any atom is 0.262 e. The highest BCUT2D eigenvalue weighted by atomic mass is 35.5. The van der Waals surface area contributed by atoms with E-state index in [0.29, 0.717) is 28.6 Å². The van der Waals surface area contributed by atoms with E-state index in [4.69, 9.17) is 11.6 Å². The highest BCUT2D eigenvalue weighted by Gasteiger charge is 2.17. The van der Waals surface area contributed by atoms with Crippen LogP contribution in [-0.4, -0.2) is 35.8 Å². The number of hydrogen-bond acceptors (Lipinski definition) is 6. The Morgan fingerprint density at radius 2 is 2.00 bits per heavy atom. The smallest absolute Gasteiger partial charge is 0.262 e. The van der Waals surface area contributed by atoms with Crippen molar-refractivity contribution in [1.82, 2.24) is 24.1 Å². The summed E-state index contributed by atoms with van der Waals surface area (Å²) in [4.78, 5) is 29.4. The van der Waals surface area contributed by atoms with E-state index in [1.807, 2.05) is 22.6 Å². The Hall–Kier alpha value is -2.91. The fraction of sp³-hybridized carbons (Fsp3) is 0.286. The van der Waals surface area contributed by atoms with Crippen molar-refractivity contribution >= 4 is 51.6 Å². The highest BCUT2D eigenvalue weighted by molar-refractivity contribution is 7.99. The molecule has 0 saturated heterocycles. The summed E-state index contributed by atoms with van der Waals surface area (Å²) in [6.07, 6.45) is 4.52. The molecule has 1 amide bonds. The molecule has 0 spiro atoms. The summed E-state index contributed by atoms with van der Waals surface area (Å²) >= 11 is 7.25. The number of nitrogens with zero attached hydrogens (tertiary/aromatic N) is 5. The van der Waals surface area contributed by atoms with Gasteiger partial charge in [0.15, 0.2) is 10.3 Å². The lowest BCUT2D eigenvalue weighted by Gasteiger charge is -2.11. The minimum absolute atomic E-state index is 0.0767. The Kier molecular flexibility index (Phi) is 6.53. The third kappa shape index (κ3) is 4.42. The third-order valence-electron chi connectivity index (χ3n) is 4.83. The predicted octanol–water partition coefficient (Wildman–Crippen LogP) is 4.01. The number of aryl methyl sites for hydroxylation is 1. The quantitative estimate of drug-likeness (QED) is 0.244. The van der Waals surface area contributed by atoms with Gasteiger partial charge < -0.3 is 5.32 Å². The first kappa shape index (κ1) is 21.3. The second-order valence-electron chi connectivity index (χ2n) is 6.98. The van der Waals surface area contributed by atoms with Crippen molar-refractivity contribution in [2.24, 2.45) is 0 Å². The van der Waals surface area contributed by atoms with E-state index >= 15 is 0 Å². The van der Waals surface area contributed by atoms with Gasteiger partial charge in [-0.2, -0.15) is 0 Å². The van der Waals surface area contributed by atoms with Gasteiger partial charge in [0, 0.05) is 12.7 Å². The molecule has 3 aromatic heterocycles. The molecule has 0 fully saturated rings. The highest BCUT2D eigenvalue weighted by Crippen LogP contribution is 2.23. The van der Waals surface area contributed by atoms with Crippen molar-refractivity contribution in [3.8, 4) is 0 Å². The summed E-state index contributed by atoms with van der Waals surface area (Å²) in [6, 6.07) is 10.8. The monoisotopic (exact) mass is 456 g/mol. The number of benzene rings is 1. The van der Waals surface area contributed by atoms with Crippen LogP contribution in [0.1, 0.15) is 26.2 Å². The molecule has 10 heteroatoms. The summed E-state index contributed by atoms with van der Waals surface area (Å²) < 4.78 is 3.52. The first-order valence-corrected chi connectivity index (χ1v) is 11.4. The van der Waals surface area contributed by atoms with Gasteiger partial charge >= 0.3 is 0 Å². The number of para-hydroxylation sites is 1. The van der Waals surface area contributed by atoms with Crippen LogP contribution in [0.15, 0.2) is 52.5 Å². The van der Waals surface area contributed by atoms with Crippen LogP contribution in [0.4, 0.5) is 5.69 Å². The van der Waals surface area contributed by atoms with Crippen LogP contribution in [0, 0.1) is 0 Å². The number of pyridine rings is 1. The minimum Gasteiger partial charge on any atom is -0.323 e. The van der Waals surface area contributed by atoms with Crippen molar-refractivity contribution in [2.45, 2.75) is 37.9 Å². The summed E-state index contributed by atoms with van der Waals surface area (Å²) in [5, 5.41) is 12.7. The SMILES string of the molecule is CCCCCn1c(=O)c2ccccc2n2c(SCC(=O)Nc3cccnc3Cl)nnc12. The Morgan fingerprint density at radius 1 is 1.16 bits per heavy atom. The minimum atomic E-state index is -0.239. The number of fused-ring (bicyclic) bond motifs is 3. The first-order valence-electron chi connectivity index (χ1n) is 10.00. The molecular formula is C21H21ClN6O2S. The van der Waals surface area contributed by atoms with E-state index in [-0.39, 0.29) is 22.4 Å². The zero-order valence-electron chi connectivity index (χ0n) is 16.9. The van der Waals surface area contributed by atoms with E-state index in [1.54, 1.807) is 29.0 Å². The van der Waals surface area contributed by atoms with Crippen molar-refractivity contribution in [1.29, 1.82) is 0 Å². The van der Waals surface area contributed by atoms with Crippen molar-refractivity contribution in [2.75, 3.05) is 11.1 Å². The number of hydrogen-bond donors (Lipinski definition) is 1. The van der Waals surface area contributed by atoms with E-state index < -0.39 is 0 Å². The zero-order chi connectivity index (χ0) is 21.8. The Balaban J connectivity index is 1.65. The topological polar surface area (TPSA) is 94.2 Å². The van der Waals surface area contributed by atoms with Gasteiger partial charge in [0.25, 0.3) is 5.56 Å². The van der Waals surface area contributed by atoms with Gasteiger partial charge in [0.05, 0.1) is 22.3 Å². The van der Waals surface area contributed by atoms with Gasteiger partial charge in [0.1, 0.15) is 0 Å². The number of thioether (sulfide) groups is 1. The van der Waals surface area contributed by atoms with Gasteiger partial charge in [-0.3, -0.25) is 18.6 Å². The molecule has 0 bridgehead atoms. The normalized spacial score (nSPS) is 11.3. The lowest BCUT2D eigenvalue weighted by Crippen LogP contribution is -2.23. The van der Waals surface area contributed by atoms with Crippen LogP contribution in [0.2, 0.25) is 5.15 Å². The second kappa shape index (κ2) is 9.49. The van der Waals surface area contributed by atoms with Crippen molar-refractivity contribution in [3.05, 3.63) is 58.1 Å². The molecule has 160 valence electrons. The molecule has 0 aliphatic carbocycles. The fourth-order valence-electron chi connectivity index (χ4n) is 3.34. The van der Waals surface area contributed by atoms with E-state index in [9.17, 15) is 9.59 Å². The summed E-state index contributed by atoms with van der Waals surface area (Å²) in [5.41, 5.74) is 1.10. The standard InChI is InChI=1S/C21H21ClN6O2S/c1-2-3-6-12-27-19(30)14-8-4-5-10-16(14)28-20(27)25-26-21(28)31-13-17(29)24-15-9-7-11-23-18(15)22/h4-5,7-11H,2-3,6,12-13H2,1H3,(H,24,29). The van der Waals surface area contributed by atoms with Crippen LogP contribution in [0.25, 0.3) is 16.7 Å². The van der Waals surface area contributed by atoms with Crippen LogP contribution in [-0.2, 0) is 11.3 Å². The molecule has 4 aromatic rings. The molecule has 0 aliphatic heterocycles. The largest absolute Gasteiger partial charge is 0.323 e. The maximum absolute atomic E-state index is 13.0. The van der Waals surface area contributed by atoms with Crippen LogP contribution >= 0.6 is 23.4 Å². The molecule has 0 atom stereocenters. The van der Waals surface area contributed by atoms with Crippen molar-refractivity contribution < 1.29 is 4.79 Å². The molecule has 3 heterocycles. The molecule has 1 aromatic carbocycles. The molecule has 0 unspecified atom stereocenters. The van der Waals surface area contributed by atoms with Gasteiger partial charge in [-0.05, 0) is 30.7 Å². The lowest BCUT2D eigenvalue weighted by molar-refractivity contribution is -0.113. The lowest BCUT2D eigenvalue weighted by atomic mass is 10.2. The van der Waals surface area contributed by atoms with Gasteiger partial charge in [-0.25, -0.2) is 4.98 Å². The Bertz CT molecular complexity index is 1300. The summed E-state index contributed by atoms with van der Waals surface area (Å²) in [7, 11) is 0. The summed E-state index contributed by atoms with van der Waals surface area (Å²) in [6.45, 7) is 2.69. The maximum atomic E-state index is 13.0. The van der Waals surface area contributed by atoms with Gasteiger partial charge in [0.2, 0.25) is 11.7 Å². The predicted molar refractivity (Wildman–Crippen MR) is 123 cm³/mol. The molecule has 0 saturated carbocycles. The molecule has 8 nitrogen and oxygen atoms in total. The van der Waals surface area contributed by atoms with Crippen LogP contribution in [0.5, 0.6) is 0 Å². The average Bonchev–Trinajstić information content (AvgIpc) is 3.20. The number of aromatic nitrogens is 5. The van der Waals surface area contributed by atoms with Gasteiger partial charge in [-0.1, -0.05) is 55.3 Å². The molecular weight excluding hydrogens is 436 g/mol. The fourth-order valence-corrected chi connectivity index (χ4v) is 4.25. The number of nitrogens with one attached hydrogen (secondary N) is 1. The van der Waals surface area contributed by atoms with E-state index in [2.05, 4.69) is 27.4 Å². The van der Waals surface area contributed by atoms with E-state index in [1.165, 1.54) is 11.8 Å². The van der Waals surface area contributed by atoms with Crippen LogP contribution < -0.4 is 10.9 Å². The second-order valence-corrected chi connectivity index (χ2v) is 8.28. The number of rotatable bonds is 8. The number of carbonyl (C=O) groups excluding carboxylic acids is 1. The third-order valence-corrected chi connectivity index (χ3v) is 6.06. The number of carbonyl (C=O) groups is 1. The van der Waals surface area contributed by atoms with E-state index in [0.717, 1.165) is 24.8 Å². The number of halogens is 1. The van der Waals surface area contributed by atoms with Gasteiger partial charge in [-0.15, -0.1) is 10.2 Å². The zero-order valence-corrected chi connectivity index (χ0v) is 18.5. The Labute approximate surface area is 187 Å². The molecule has 4 rings (SSSR count). The molecule has 0 radical (unpaired) electrons. The number of anilines is 1. The molecule has 1 N–H and O–H groups in total. The van der Waals surface area contributed by atoms with Crippen LogP contribution in [0.3, 0.4) is 0 Å². The summed E-state index contributed by atoms with van der Waals surface area (Å²) in [5.74, 6) is 0.352. The average molecular weight is 457 g/mol.